The summed E-state index contributed by atoms with van der Waals surface area (Å²) in [6, 6.07) is 14.2. The van der Waals surface area contributed by atoms with E-state index in [1.54, 1.807) is 42.5 Å². The zero-order valence-electron chi connectivity index (χ0n) is 12.3. The van der Waals surface area contributed by atoms with Crippen LogP contribution in [-0.2, 0) is 4.79 Å². The fourth-order valence-corrected chi connectivity index (χ4v) is 2.16. The Hall–Kier alpha value is -2.86. The molecule has 24 heavy (non-hydrogen) atoms. The van der Waals surface area contributed by atoms with Crippen LogP contribution < -0.4 is 10.1 Å². The summed E-state index contributed by atoms with van der Waals surface area (Å²) in [5, 5.41) is 6.77. The molecule has 1 aromatic heterocycles. The number of para-hydroxylation sites is 1. The molecule has 0 fully saturated rings. The summed E-state index contributed by atoms with van der Waals surface area (Å²) in [5.74, 6) is -0.176. The first-order valence-electron chi connectivity index (χ1n) is 7.01. The Labute approximate surface area is 142 Å². The van der Waals surface area contributed by atoms with Crippen molar-refractivity contribution in [3.8, 4) is 17.0 Å². The number of ether oxygens (including phenoxy) is 1. The van der Waals surface area contributed by atoms with Gasteiger partial charge in [0.15, 0.2) is 6.61 Å². The number of rotatable bonds is 5. The van der Waals surface area contributed by atoms with Gasteiger partial charge in [-0.25, -0.2) is 4.39 Å². The number of carbonyl (C=O) groups excluding carboxylic acids is 1. The Bertz CT molecular complexity index is 849. The van der Waals surface area contributed by atoms with Crippen LogP contribution in [0.4, 0.5) is 10.3 Å². The number of carbonyl (C=O) groups is 1. The lowest BCUT2D eigenvalue weighted by atomic mass is 10.1. The lowest BCUT2D eigenvalue weighted by Crippen LogP contribution is -2.19. The fourth-order valence-electron chi connectivity index (χ4n) is 1.97. The molecule has 3 rings (SSSR count). The van der Waals surface area contributed by atoms with E-state index < -0.39 is 5.91 Å². The van der Waals surface area contributed by atoms with Gasteiger partial charge in [-0.1, -0.05) is 28.9 Å². The second kappa shape index (κ2) is 7.14. The molecular weight excluding hydrogens is 335 g/mol. The number of nitrogens with one attached hydrogen (secondary N) is 1. The number of aromatic nitrogens is 1. The van der Waals surface area contributed by atoms with E-state index in [0.717, 1.165) is 0 Å². The van der Waals surface area contributed by atoms with Crippen LogP contribution >= 0.6 is 11.6 Å². The predicted octanol–water partition coefficient (Wildman–Crippen LogP) is 4.15. The van der Waals surface area contributed by atoms with Crippen molar-refractivity contribution in [2.24, 2.45) is 0 Å². The Morgan fingerprint density at radius 3 is 2.71 bits per heavy atom. The maximum atomic E-state index is 12.9. The molecule has 122 valence electrons. The molecule has 1 N–H and O–H groups in total. The topological polar surface area (TPSA) is 64.4 Å². The molecule has 0 aliphatic rings. The molecule has 7 heteroatoms. The van der Waals surface area contributed by atoms with Crippen LogP contribution in [0.5, 0.6) is 5.75 Å². The summed E-state index contributed by atoms with van der Waals surface area (Å²) in [6.45, 7) is -0.226. The average molecular weight is 347 g/mol. The van der Waals surface area contributed by atoms with Gasteiger partial charge in [0.25, 0.3) is 5.91 Å². The first-order chi connectivity index (χ1) is 11.6. The summed E-state index contributed by atoms with van der Waals surface area (Å²) < 4.78 is 23.3. The molecule has 0 saturated carbocycles. The zero-order valence-corrected chi connectivity index (χ0v) is 13.1. The zero-order chi connectivity index (χ0) is 16.9. The molecule has 1 amide bonds. The SMILES string of the molecule is O=C(COc1ccccc1Cl)Nc1cc(-c2ccc(F)cc2)no1. The van der Waals surface area contributed by atoms with Crippen molar-refractivity contribution in [3.05, 3.63) is 65.4 Å². The van der Waals surface area contributed by atoms with Crippen molar-refractivity contribution < 1.29 is 18.4 Å². The second-order valence-corrected chi connectivity index (χ2v) is 5.26. The van der Waals surface area contributed by atoms with E-state index in [0.29, 0.717) is 22.0 Å². The molecule has 0 aliphatic carbocycles. The van der Waals surface area contributed by atoms with Crippen molar-refractivity contribution >= 4 is 23.4 Å². The van der Waals surface area contributed by atoms with Crippen molar-refractivity contribution in [2.45, 2.75) is 0 Å². The predicted molar refractivity (Wildman–Crippen MR) is 87.5 cm³/mol. The first-order valence-corrected chi connectivity index (χ1v) is 7.39. The van der Waals surface area contributed by atoms with Crippen molar-refractivity contribution in [1.82, 2.24) is 5.16 Å². The highest BCUT2D eigenvalue weighted by Crippen LogP contribution is 2.24. The minimum absolute atomic E-state index is 0.169. The lowest BCUT2D eigenvalue weighted by Gasteiger charge is -2.06. The third-order valence-corrected chi connectivity index (χ3v) is 3.42. The largest absolute Gasteiger partial charge is 0.482 e. The second-order valence-electron chi connectivity index (χ2n) is 4.85. The Morgan fingerprint density at radius 1 is 1.21 bits per heavy atom. The minimum atomic E-state index is -0.420. The maximum absolute atomic E-state index is 12.9. The standard InChI is InChI=1S/C17H12ClFN2O3/c18-13-3-1-2-4-15(13)23-10-16(22)20-17-9-14(21-24-17)11-5-7-12(19)8-6-11/h1-9H,10H2,(H,20,22). The van der Waals surface area contributed by atoms with E-state index in [1.165, 1.54) is 12.1 Å². The van der Waals surface area contributed by atoms with Gasteiger partial charge >= 0.3 is 0 Å². The highest BCUT2D eigenvalue weighted by atomic mass is 35.5. The molecular formula is C17H12ClFN2O3. The molecule has 0 spiro atoms. The van der Waals surface area contributed by atoms with Crippen LogP contribution in [0.3, 0.4) is 0 Å². The van der Waals surface area contributed by atoms with Crippen molar-refractivity contribution in [3.63, 3.8) is 0 Å². The Morgan fingerprint density at radius 2 is 1.96 bits per heavy atom. The van der Waals surface area contributed by atoms with Crippen LogP contribution in [0.25, 0.3) is 11.3 Å². The number of hydrogen-bond acceptors (Lipinski definition) is 4. The number of nitrogens with zero attached hydrogens (tertiary/aromatic N) is 1. The monoisotopic (exact) mass is 346 g/mol. The normalized spacial score (nSPS) is 10.4. The molecule has 1 heterocycles. The molecule has 0 aliphatic heterocycles. The van der Waals surface area contributed by atoms with E-state index in [1.807, 2.05) is 0 Å². The van der Waals surface area contributed by atoms with E-state index in [9.17, 15) is 9.18 Å². The lowest BCUT2D eigenvalue weighted by molar-refractivity contribution is -0.118. The summed E-state index contributed by atoms with van der Waals surface area (Å²) >= 11 is 5.94. The molecule has 5 nitrogen and oxygen atoms in total. The summed E-state index contributed by atoms with van der Waals surface area (Å²) in [6.07, 6.45) is 0. The number of hydrogen-bond donors (Lipinski definition) is 1. The van der Waals surface area contributed by atoms with Gasteiger partial charge in [-0.2, -0.15) is 0 Å². The number of amides is 1. The maximum Gasteiger partial charge on any atom is 0.264 e. The quantitative estimate of drug-likeness (QED) is 0.753. The first kappa shape index (κ1) is 16.0. The average Bonchev–Trinajstić information content (AvgIpc) is 3.03. The minimum Gasteiger partial charge on any atom is -0.482 e. The smallest absolute Gasteiger partial charge is 0.264 e. The molecule has 0 bridgehead atoms. The third kappa shape index (κ3) is 3.91. The van der Waals surface area contributed by atoms with E-state index in [4.69, 9.17) is 20.9 Å². The van der Waals surface area contributed by atoms with E-state index in [-0.39, 0.29) is 18.3 Å². The van der Waals surface area contributed by atoms with Gasteiger partial charge in [0, 0.05) is 11.6 Å². The highest BCUT2D eigenvalue weighted by molar-refractivity contribution is 6.32. The number of halogens is 2. The number of anilines is 1. The summed E-state index contributed by atoms with van der Waals surface area (Å²) in [4.78, 5) is 11.9. The fraction of sp³-hybridized carbons (Fsp3) is 0.0588. The molecule has 0 radical (unpaired) electrons. The highest BCUT2D eigenvalue weighted by Gasteiger charge is 2.11. The van der Waals surface area contributed by atoms with Crippen LogP contribution in [-0.4, -0.2) is 17.7 Å². The van der Waals surface area contributed by atoms with E-state index >= 15 is 0 Å². The summed E-state index contributed by atoms with van der Waals surface area (Å²) in [5.41, 5.74) is 1.16. The molecule has 3 aromatic rings. The molecule has 0 unspecified atom stereocenters. The Kier molecular flexibility index (Phi) is 4.77. The van der Waals surface area contributed by atoms with Gasteiger partial charge in [0.2, 0.25) is 5.88 Å². The van der Waals surface area contributed by atoms with Crippen molar-refractivity contribution in [2.75, 3.05) is 11.9 Å². The number of benzene rings is 2. The molecule has 0 saturated heterocycles. The van der Waals surface area contributed by atoms with Crippen molar-refractivity contribution in [1.29, 1.82) is 0 Å². The van der Waals surface area contributed by atoms with Gasteiger partial charge < -0.3 is 9.26 Å². The van der Waals surface area contributed by atoms with Gasteiger partial charge in [0.05, 0.1) is 5.02 Å². The van der Waals surface area contributed by atoms with Crippen LogP contribution in [0, 0.1) is 5.82 Å². The molecule has 0 atom stereocenters. The van der Waals surface area contributed by atoms with E-state index in [2.05, 4.69) is 10.5 Å². The van der Waals surface area contributed by atoms with Gasteiger partial charge in [-0.05, 0) is 36.4 Å². The van der Waals surface area contributed by atoms with Crippen LogP contribution in [0.1, 0.15) is 0 Å². The summed E-state index contributed by atoms with van der Waals surface area (Å²) in [7, 11) is 0. The molecule has 2 aromatic carbocycles. The van der Waals surface area contributed by atoms with Gasteiger partial charge in [-0.3, -0.25) is 10.1 Å². The van der Waals surface area contributed by atoms with Gasteiger partial charge in [0.1, 0.15) is 17.3 Å². The Balaban J connectivity index is 1.59. The van der Waals surface area contributed by atoms with Crippen LogP contribution in [0.15, 0.2) is 59.1 Å². The van der Waals surface area contributed by atoms with Gasteiger partial charge in [-0.15, -0.1) is 0 Å². The third-order valence-electron chi connectivity index (χ3n) is 3.11. The van der Waals surface area contributed by atoms with Crippen LogP contribution in [0.2, 0.25) is 5.02 Å².